The highest BCUT2D eigenvalue weighted by atomic mass is 16.5. The first kappa shape index (κ1) is 16.5. The highest BCUT2D eigenvalue weighted by Gasteiger charge is 2.27. The first-order valence-electron chi connectivity index (χ1n) is 8.86. The summed E-state index contributed by atoms with van der Waals surface area (Å²) in [4.78, 5) is 30.2. The second-order valence-corrected chi connectivity index (χ2v) is 6.56. The van der Waals surface area contributed by atoms with Crippen molar-refractivity contribution < 1.29 is 14.3 Å². The van der Waals surface area contributed by atoms with Crippen molar-refractivity contribution in [3.05, 3.63) is 77.0 Å². The summed E-state index contributed by atoms with van der Waals surface area (Å²) in [6, 6.07) is 16.5. The Balaban J connectivity index is 1.68. The van der Waals surface area contributed by atoms with Crippen molar-refractivity contribution in [3.63, 3.8) is 0 Å². The molecule has 1 atom stereocenters. The molecule has 0 bridgehead atoms. The van der Waals surface area contributed by atoms with Gasteiger partial charge in [0, 0.05) is 16.6 Å². The monoisotopic (exact) mass is 345 g/mol. The van der Waals surface area contributed by atoms with Crippen molar-refractivity contribution in [2.75, 3.05) is 0 Å². The molecule has 0 saturated heterocycles. The van der Waals surface area contributed by atoms with Gasteiger partial charge in [-0.25, -0.2) is 4.79 Å². The molecule has 1 aliphatic rings. The van der Waals surface area contributed by atoms with Gasteiger partial charge in [0.25, 0.3) is 0 Å². The van der Waals surface area contributed by atoms with E-state index in [1.165, 1.54) is 0 Å². The highest BCUT2D eigenvalue weighted by molar-refractivity contribution is 6.07. The van der Waals surface area contributed by atoms with Crippen LogP contribution in [0.25, 0.3) is 10.9 Å². The van der Waals surface area contributed by atoms with Gasteiger partial charge in [-0.05, 0) is 37.8 Å². The summed E-state index contributed by atoms with van der Waals surface area (Å²) >= 11 is 0. The van der Waals surface area contributed by atoms with E-state index in [4.69, 9.17) is 4.74 Å². The maximum atomic E-state index is 13.0. The standard InChI is InChI=1S/C22H19NO3/c1-14(21(24)15-8-3-2-4-9-15)26-22(25)20-16-10-5-6-12-18(16)23-19-13-7-11-17(19)20/h2-6,8-10,12,14H,7,11,13H2,1H3. The molecule has 0 saturated carbocycles. The quantitative estimate of drug-likeness (QED) is 0.526. The van der Waals surface area contributed by atoms with Crippen LogP contribution in [0.4, 0.5) is 0 Å². The number of Topliss-reactive ketones (excluding diaryl/α,β-unsaturated/α-hetero) is 1. The summed E-state index contributed by atoms with van der Waals surface area (Å²) in [7, 11) is 0. The van der Waals surface area contributed by atoms with Crippen molar-refractivity contribution in [3.8, 4) is 0 Å². The van der Waals surface area contributed by atoms with Crippen LogP contribution in [0.2, 0.25) is 0 Å². The second-order valence-electron chi connectivity index (χ2n) is 6.56. The van der Waals surface area contributed by atoms with Crippen LogP contribution in [0.5, 0.6) is 0 Å². The van der Waals surface area contributed by atoms with E-state index in [0.717, 1.165) is 41.4 Å². The first-order chi connectivity index (χ1) is 12.6. The number of hydrogen-bond donors (Lipinski definition) is 0. The Hall–Kier alpha value is -3.01. The number of carbonyl (C=O) groups is 2. The van der Waals surface area contributed by atoms with Crippen molar-refractivity contribution in [2.45, 2.75) is 32.3 Å². The lowest BCUT2D eigenvalue weighted by atomic mass is 10.0. The molecule has 0 amide bonds. The molecule has 1 aliphatic carbocycles. The van der Waals surface area contributed by atoms with E-state index >= 15 is 0 Å². The van der Waals surface area contributed by atoms with Crippen LogP contribution in [0.3, 0.4) is 0 Å². The molecule has 1 aromatic heterocycles. The molecule has 1 unspecified atom stereocenters. The number of hydrogen-bond acceptors (Lipinski definition) is 4. The number of para-hydroxylation sites is 1. The van der Waals surface area contributed by atoms with Gasteiger partial charge in [0.05, 0.1) is 11.1 Å². The number of ketones is 1. The zero-order valence-corrected chi connectivity index (χ0v) is 14.6. The lowest BCUT2D eigenvalue weighted by molar-refractivity contribution is 0.0319. The Morgan fingerprint density at radius 3 is 2.54 bits per heavy atom. The smallest absolute Gasteiger partial charge is 0.339 e. The van der Waals surface area contributed by atoms with E-state index < -0.39 is 12.1 Å². The van der Waals surface area contributed by atoms with Crippen molar-refractivity contribution in [1.82, 2.24) is 4.98 Å². The highest BCUT2D eigenvalue weighted by Crippen LogP contribution is 2.30. The van der Waals surface area contributed by atoms with Crippen molar-refractivity contribution >= 4 is 22.7 Å². The number of rotatable bonds is 4. The maximum absolute atomic E-state index is 13.0. The van der Waals surface area contributed by atoms with E-state index in [2.05, 4.69) is 4.98 Å². The fraction of sp³-hybridized carbons (Fsp3) is 0.227. The zero-order chi connectivity index (χ0) is 18.1. The minimum Gasteiger partial charge on any atom is -0.451 e. The van der Waals surface area contributed by atoms with Crippen LogP contribution in [0, 0.1) is 0 Å². The van der Waals surface area contributed by atoms with Crippen molar-refractivity contribution in [2.24, 2.45) is 0 Å². The van der Waals surface area contributed by atoms with Crippen LogP contribution in [-0.4, -0.2) is 22.8 Å². The van der Waals surface area contributed by atoms with Gasteiger partial charge in [0.2, 0.25) is 5.78 Å². The van der Waals surface area contributed by atoms with Crippen molar-refractivity contribution in [1.29, 1.82) is 0 Å². The molecular formula is C22H19NO3. The number of fused-ring (bicyclic) bond motifs is 2. The number of aromatic nitrogens is 1. The molecule has 0 radical (unpaired) electrons. The molecule has 0 N–H and O–H groups in total. The third-order valence-corrected chi connectivity index (χ3v) is 4.83. The Kier molecular flexibility index (Phi) is 4.25. The van der Waals surface area contributed by atoms with Crippen LogP contribution < -0.4 is 0 Å². The Morgan fingerprint density at radius 1 is 1.00 bits per heavy atom. The minimum atomic E-state index is -0.839. The SMILES string of the molecule is CC(OC(=O)c1c2c(nc3ccccc13)CCC2)C(=O)c1ccccc1. The number of ether oxygens (including phenoxy) is 1. The van der Waals surface area contributed by atoms with Gasteiger partial charge in [-0.3, -0.25) is 9.78 Å². The van der Waals surface area contributed by atoms with Crippen LogP contribution in [0.1, 0.15) is 45.3 Å². The number of benzene rings is 2. The molecule has 0 spiro atoms. The summed E-state index contributed by atoms with van der Waals surface area (Å²) in [5.74, 6) is -0.646. The van der Waals surface area contributed by atoms with E-state index in [-0.39, 0.29) is 5.78 Å². The normalized spacial score (nSPS) is 14.0. The summed E-state index contributed by atoms with van der Waals surface area (Å²) in [5, 5.41) is 0.789. The average Bonchev–Trinajstić information content (AvgIpc) is 3.13. The Bertz CT molecular complexity index is 995. The molecule has 4 nitrogen and oxygen atoms in total. The zero-order valence-electron chi connectivity index (χ0n) is 14.6. The summed E-state index contributed by atoms with van der Waals surface area (Å²) < 4.78 is 5.57. The minimum absolute atomic E-state index is 0.200. The number of carbonyl (C=O) groups excluding carboxylic acids is 2. The molecule has 0 fully saturated rings. The third kappa shape index (κ3) is 2.88. The fourth-order valence-corrected chi connectivity index (χ4v) is 3.55. The lowest BCUT2D eigenvalue weighted by Gasteiger charge is -2.16. The van der Waals surface area contributed by atoms with Gasteiger partial charge < -0.3 is 4.74 Å². The summed E-state index contributed by atoms with van der Waals surface area (Å²) in [6.45, 7) is 1.62. The Labute approximate surface area is 151 Å². The van der Waals surface area contributed by atoms with E-state index in [1.807, 2.05) is 30.3 Å². The molecule has 130 valence electrons. The molecule has 3 aromatic rings. The average molecular weight is 345 g/mol. The number of esters is 1. The largest absolute Gasteiger partial charge is 0.451 e. The number of aryl methyl sites for hydroxylation is 1. The second kappa shape index (κ2) is 6.71. The molecule has 4 heteroatoms. The predicted molar refractivity (Wildman–Crippen MR) is 99.4 cm³/mol. The molecule has 0 aliphatic heterocycles. The van der Waals surface area contributed by atoms with E-state index in [1.54, 1.807) is 31.2 Å². The summed E-state index contributed by atoms with van der Waals surface area (Å²) in [6.07, 6.45) is 1.84. The topological polar surface area (TPSA) is 56.3 Å². The number of nitrogens with zero attached hydrogens (tertiary/aromatic N) is 1. The van der Waals surface area contributed by atoms with Crippen LogP contribution in [-0.2, 0) is 17.6 Å². The maximum Gasteiger partial charge on any atom is 0.339 e. The lowest BCUT2D eigenvalue weighted by Crippen LogP contribution is -2.25. The van der Waals surface area contributed by atoms with Gasteiger partial charge in [0.1, 0.15) is 0 Å². The Morgan fingerprint density at radius 2 is 1.73 bits per heavy atom. The molecular weight excluding hydrogens is 326 g/mol. The molecule has 1 heterocycles. The molecule has 2 aromatic carbocycles. The van der Waals surface area contributed by atoms with Gasteiger partial charge in [-0.2, -0.15) is 0 Å². The first-order valence-corrected chi connectivity index (χ1v) is 8.86. The van der Waals surface area contributed by atoms with Crippen LogP contribution in [0.15, 0.2) is 54.6 Å². The molecule has 26 heavy (non-hydrogen) atoms. The number of pyridine rings is 1. The predicted octanol–water partition coefficient (Wildman–Crippen LogP) is 4.15. The van der Waals surface area contributed by atoms with Gasteiger partial charge in [-0.15, -0.1) is 0 Å². The molecule has 4 rings (SSSR count). The van der Waals surface area contributed by atoms with Gasteiger partial charge in [-0.1, -0.05) is 48.5 Å². The van der Waals surface area contributed by atoms with Gasteiger partial charge >= 0.3 is 5.97 Å². The fourth-order valence-electron chi connectivity index (χ4n) is 3.55. The summed E-state index contributed by atoms with van der Waals surface area (Å²) in [5.41, 5.74) is 3.83. The van der Waals surface area contributed by atoms with Gasteiger partial charge in [0.15, 0.2) is 6.10 Å². The van der Waals surface area contributed by atoms with Crippen LogP contribution >= 0.6 is 0 Å². The van der Waals surface area contributed by atoms with E-state index in [9.17, 15) is 9.59 Å². The third-order valence-electron chi connectivity index (χ3n) is 4.83. The van der Waals surface area contributed by atoms with E-state index in [0.29, 0.717) is 11.1 Å².